The Hall–Kier alpha value is -0.200. The van der Waals surface area contributed by atoms with Crippen molar-refractivity contribution in [3.05, 3.63) is 0 Å². The van der Waals surface area contributed by atoms with Crippen LogP contribution in [0, 0.1) is 40.4 Å². The third-order valence-corrected chi connectivity index (χ3v) is 7.27. The van der Waals surface area contributed by atoms with Crippen LogP contribution in [0.25, 0.3) is 0 Å². The molecule has 3 rings (SSSR count). The molecule has 1 saturated heterocycles. The Morgan fingerprint density at radius 1 is 1.00 bits per heavy atom. The summed E-state index contributed by atoms with van der Waals surface area (Å²) in [5.74, 6) is 1.32. The van der Waals surface area contributed by atoms with Crippen LogP contribution in [0.5, 0.6) is 0 Å². The Balaban J connectivity index is 1.74. The monoisotopic (exact) mass is 355 g/mol. The minimum absolute atomic E-state index is 0.0429. The molecule has 3 aliphatic rings. The van der Waals surface area contributed by atoms with E-state index >= 15 is 0 Å². The lowest BCUT2D eigenvalue weighted by Crippen LogP contribution is -2.49. The predicted octanol–water partition coefficient (Wildman–Crippen LogP) is 2.95. The molecule has 5 heteroatoms. The van der Waals surface area contributed by atoms with Gasteiger partial charge in [-0.3, -0.25) is 4.84 Å². The topological polar surface area (TPSA) is 73.2 Å². The fourth-order valence-electron chi connectivity index (χ4n) is 5.84. The van der Waals surface area contributed by atoms with Gasteiger partial charge in [-0.1, -0.05) is 41.5 Å². The van der Waals surface area contributed by atoms with Crippen molar-refractivity contribution < 1.29 is 20.2 Å². The van der Waals surface area contributed by atoms with Crippen molar-refractivity contribution in [3.63, 3.8) is 0 Å². The molecule has 1 heterocycles. The molecule has 2 bridgehead atoms. The highest BCUT2D eigenvalue weighted by Gasteiger charge is 2.61. The van der Waals surface area contributed by atoms with Crippen LogP contribution in [0.1, 0.15) is 67.2 Å². The van der Waals surface area contributed by atoms with Crippen molar-refractivity contribution in [2.75, 3.05) is 0 Å². The van der Waals surface area contributed by atoms with Gasteiger partial charge in [0.1, 0.15) is 12.5 Å². The molecule has 5 nitrogen and oxygen atoms in total. The van der Waals surface area contributed by atoms with Gasteiger partial charge in [-0.05, 0) is 48.9 Å². The van der Waals surface area contributed by atoms with Crippen LogP contribution in [0.3, 0.4) is 0 Å². The number of hydrogen-bond acceptors (Lipinski definition) is 5. The largest absolute Gasteiger partial charge is 0.376 e. The van der Waals surface area contributed by atoms with Crippen molar-refractivity contribution in [2.24, 2.45) is 40.4 Å². The number of rotatable bonds is 5. The number of hydrogen-bond donors (Lipinski definition) is 3. The Morgan fingerprint density at radius 2 is 1.48 bits per heavy atom. The number of fused-ring (bicyclic) bond motifs is 5. The first kappa shape index (κ1) is 19.6. The minimum Gasteiger partial charge on any atom is -0.376 e. The maximum Gasteiger partial charge on any atom is 0.180 e. The molecule has 0 spiro atoms. The Bertz CT molecular complexity index is 469. The van der Waals surface area contributed by atoms with E-state index in [-0.39, 0.29) is 23.2 Å². The van der Waals surface area contributed by atoms with Gasteiger partial charge < -0.3 is 15.3 Å². The maximum atomic E-state index is 10.9. The summed E-state index contributed by atoms with van der Waals surface area (Å²) >= 11 is 0. The molecule has 25 heavy (non-hydrogen) atoms. The smallest absolute Gasteiger partial charge is 0.180 e. The van der Waals surface area contributed by atoms with Crippen LogP contribution in [0.4, 0.5) is 0 Å². The van der Waals surface area contributed by atoms with Gasteiger partial charge in [0.25, 0.3) is 0 Å². The molecule has 0 amide bonds. The summed E-state index contributed by atoms with van der Waals surface area (Å²) in [5, 5.41) is 33.8. The van der Waals surface area contributed by atoms with Gasteiger partial charge in [0.2, 0.25) is 0 Å². The van der Waals surface area contributed by atoms with E-state index in [1.54, 1.807) is 0 Å². The average molecular weight is 356 g/mol. The first-order valence-corrected chi connectivity index (χ1v) is 9.95. The molecule has 0 aromatic carbocycles. The molecule has 0 radical (unpaired) electrons. The quantitative estimate of drug-likeness (QED) is 0.661. The number of nitrogens with zero attached hydrogens (tertiary/aromatic N) is 1. The zero-order valence-corrected chi connectivity index (χ0v) is 16.6. The second-order valence-corrected chi connectivity index (χ2v) is 10.5. The fraction of sp³-hybridized carbons (Fsp3) is 1.00. The van der Waals surface area contributed by atoms with E-state index in [1.165, 1.54) is 5.06 Å². The van der Waals surface area contributed by atoms with E-state index in [2.05, 4.69) is 34.6 Å². The summed E-state index contributed by atoms with van der Waals surface area (Å²) in [4.78, 5) is 5.86. The molecule has 3 N–H and O–H groups in total. The van der Waals surface area contributed by atoms with E-state index in [9.17, 15) is 15.3 Å². The van der Waals surface area contributed by atoms with E-state index in [0.29, 0.717) is 11.8 Å². The molecule has 1 aliphatic heterocycles. The van der Waals surface area contributed by atoms with E-state index in [1.807, 2.05) is 6.92 Å². The number of hydroxylamine groups is 2. The van der Waals surface area contributed by atoms with E-state index < -0.39 is 24.2 Å². The second-order valence-electron chi connectivity index (χ2n) is 10.5. The maximum absolute atomic E-state index is 10.9. The predicted molar refractivity (Wildman–Crippen MR) is 95.8 cm³/mol. The molecule has 3 fully saturated rings. The van der Waals surface area contributed by atoms with Crippen molar-refractivity contribution >= 4 is 0 Å². The molecular weight excluding hydrogens is 318 g/mol. The van der Waals surface area contributed by atoms with Gasteiger partial charge in [0, 0.05) is 17.3 Å². The Morgan fingerprint density at radius 3 is 1.88 bits per heavy atom. The van der Waals surface area contributed by atoms with Crippen LogP contribution in [-0.2, 0) is 4.84 Å². The van der Waals surface area contributed by atoms with Gasteiger partial charge in [-0.2, -0.15) is 0 Å². The number of aliphatic hydroxyl groups is 3. The van der Waals surface area contributed by atoms with Crippen LogP contribution < -0.4 is 0 Å². The molecule has 0 aromatic rings. The van der Waals surface area contributed by atoms with E-state index in [0.717, 1.165) is 25.7 Å². The van der Waals surface area contributed by atoms with Gasteiger partial charge >= 0.3 is 0 Å². The van der Waals surface area contributed by atoms with Gasteiger partial charge in [0.05, 0.1) is 0 Å². The highest BCUT2D eigenvalue weighted by molar-refractivity contribution is 5.04. The lowest BCUT2D eigenvalue weighted by atomic mass is 9.68. The van der Waals surface area contributed by atoms with Crippen molar-refractivity contribution in [1.29, 1.82) is 0 Å². The van der Waals surface area contributed by atoms with Gasteiger partial charge in [0.15, 0.2) is 6.29 Å². The summed E-state index contributed by atoms with van der Waals surface area (Å²) in [7, 11) is 0. The summed E-state index contributed by atoms with van der Waals surface area (Å²) in [6.07, 6.45) is 1.48. The summed E-state index contributed by atoms with van der Waals surface area (Å²) in [5.41, 5.74) is -0.421. The molecular formula is C20H37NO4. The lowest BCUT2D eigenvalue weighted by molar-refractivity contribution is -0.371. The molecule has 0 aromatic heterocycles. The Labute approximate surface area is 152 Å². The standard InChI is InChI=1S/C20H37NO4/c1-11(2)20(6,10-19(3,4)5)18(24)25-21-16(22)14-12-7-8-13(9-12)15(14)17(21)23/h11-18,22-24H,7-10H2,1-6H3. The van der Waals surface area contributed by atoms with Crippen molar-refractivity contribution in [1.82, 2.24) is 5.06 Å². The third-order valence-electron chi connectivity index (χ3n) is 7.27. The third kappa shape index (κ3) is 3.27. The molecule has 146 valence electrons. The van der Waals surface area contributed by atoms with Crippen LogP contribution >= 0.6 is 0 Å². The average Bonchev–Trinajstić information content (AvgIpc) is 3.14. The molecule has 2 saturated carbocycles. The fourth-order valence-corrected chi connectivity index (χ4v) is 5.84. The lowest BCUT2D eigenvalue weighted by Gasteiger charge is -2.43. The minimum atomic E-state index is -1.06. The summed E-state index contributed by atoms with van der Waals surface area (Å²) < 4.78 is 0. The normalized spacial score (nSPS) is 42.0. The zero-order valence-electron chi connectivity index (χ0n) is 16.6. The first-order chi connectivity index (χ1) is 11.5. The van der Waals surface area contributed by atoms with Crippen LogP contribution in [0.2, 0.25) is 0 Å². The highest BCUT2D eigenvalue weighted by Crippen LogP contribution is 2.59. The van der Waals surface area contributed by atoms with Crippen molar-refractivity contribution in [2.45, 2.75) is 86.0 Å². The highest BCUT2D eigenvalue weighted by atomic mass is 16.8. The van der Waals surface area contributed by atoms with E-state index in [4.69, 9.17) is 4.84 Å². The zero-order chi connectivity index (χ0) is 18.7. The Kier molecular flexibility index (Phi) is 5.05. The molecule has 2 aliphatic carbocycles. The number of aliphatic hydroxyl groups excluding tert-OH is 3. The van der Waals surface area contributed by atoms with Gasteiger partial charge in [-0.15, -0.1) is 5.06 Å². The van der Waals surface area contributed by atoms with Crippen LogP contribution in [0.15, 0.2) is 0 Å². The second kappa shape index (κ2) is 6.45. The first-order valence-electron chi connectivity index (χ1n) is 9.95. The molecule has 8 atom stereocenters. The van der Waals surface area contributed by atoms with Crippen molar-refractivity contribution in [3.8, 4) is 0 Å². The SMILES string of the molecule is CC(C)C(C)(CC(C)(C)C)C(O)ON1C(O)C2C3CCC(C3)C2C1O. The summed E-state index contributed by atoms with van der Waals surface area (Å²) in [6, 6.07) is 0. The molecule has 8 unspecified atom stereocenters. The van der Waals surface area contributed by atoms with Gasteiger partial charge in [-0.25, -0.2) is 0 Å². The summed E-state index contributed by atoms with van der Waals surface area (Å²) in [6.45, 7) is 12.7. The van der Waals surface area contributed by atoms with Crippen LogP contribution in [-0.4, -0.2) is 39.1 Å².